The molecule has 5 nitrogen and oxygen atoms in total. The Kier molecular flexibility index (Phi) is 5.22. The van der Waals surface area contributed by atoms with Gasteiger partial charge in [-0.2, -0.15) is 4.31 Å². The zero-order valence-electron chi connectivity index (χ0n) is 11.1. The summed E-state index contributed by atoms with van der Waals surface area (Å²) in [7, 11) is -3.33. The molecule has 20 heavy (non-hydrogen) atoms. The molecule has 0 radical (unpaired) electrons. The molecule has 1 aliphatic heterocycles. The highest BCUT2D eigenvalue weighted by Crippen LogP contribution is 2.23. The van der Waals surface area contributed by atoms with Gasteiger partial charge in [-0.05, 0) is 40.9 Å². The largest absolute Gasteiger partial charge is 0.350 e. The third kappa shape index (κ3) is 4.03. The number of carbonyl (C=O) groups is 1. The standard InChI is InChI=1S/C12H17BrN2O3S2/c1-20(17,18)15-7-3-2-4-10(15)12(16)14-8-9-5-6-11(13)19-9/h5-6,10H,2-4,7-8H2,1H3,(H,14,16). The second kappa shape index (κ2) is 6.55. The quantitative estimate of drug-likeness (QED) is 0.867. The Morgan fingerprint density at radius 3 is 2.85 bits per heavy atom. The average Bonchev–Trinajstić information content (AvgIpc) is 2.81. The predicted octanol–water partition coefficient (Wildman–Crippen LogP) is 1.94. The van der Waals surface area contributed by atoms with Gasteiger partial charge in [-0.1, -0.05) is 6.42 Å². The molecule has 2 heterocycles. The monoisotopic (exact) mass is 380 g/mol. The highest BCUT2D eigenvalue weighted by Gasteiger charge is 2.34. The lowest BCUT2D eigenvalue weighted by molar-refractivity contribution is -0.125. The molecule has 1 unspecified atom stereocenters. The maximum Gasteiger partial charge on any atom is 0.238 e. The molecule has 112 valence electrons. The zero-order chi connectivity index (χ0) is 14.8. The van der Waals surface area contributed by atoms with Crippen molar-refractivity contribution in [2.75, 3.05) is 12.8 Å². The minimum Gasteiger partial charge on any atom is -0.350 e. The summed E-state index contributed by atoms with van der Waals surface area (Å²) in [4.78, 5) is 13.2. The summed E-state index contributed by atoms with van der Waals surface area (Å²) in [5, 5.41) is 2.83. The van der Waals surface area contributed by atoms with Crippen LogP contribution in [0, 0.1) is 0 Å². The molecule has 1 amide bonds. The molecular formula is C12H17BrN2O3S2. The maximum absolute atomic E-state index is 12.2. The number of piperidine rings is 1. The number of rotatable bonds is 4. The summed E-state index contributed by atoms with van der Waals surface area (Å²) in [5.74, 6) is -0.209. The van der Waals surface area contributed by atoms with Gasteiger partial charge in [0.05, 0.1) is 16.6 Å². The fourth-order valence-electron chi connectivity index (χ4n) is 2.30. The van der Waals surface area contributed by atoms with E-state index < -0.39 is 16.1 Å². The minimum absolute atomic E-state index is 0.209. The SMILES string of the molecule is CS(=O)(=O)N1CCCCC1C(=O)NCc1ccc(Br)s1. The topological polar surface area (TPSA) is 66.5 Å². The van der Waals surface area contributed by atoms with Crippen molar-refractivity contribution in [2.24, 2.45) is 0 Å². The van der Waals surface area contributed by atoms with Gasteiger partial charge in [-0.25, -0.2) is 8.42 Å². The third-order valence-corrected chi connectivity index (χ3v) is 6.16. The molecular weight excluding hydrogens is 364 g/mol. The number of thiophene rings is 1. The van der Waals surface area contributed by atoms with Crippen molar-refractivity contribution in [1.29, 1.82) is 0 Å². The highest BCUT2D eigenvalue weighted by molar-refractivity contribution is 9.11. The summed E-state index contributed by atoms with van der Waals surface area (Å²) >= 11 is 4.92. The van der Waals surface area contributed by atoms with Crippen molar-refractivity contribution in [3.05, 3.63) is 20.8 Å². The summed E-state index contributed by atoms with van der Waals surface area (Å²) < 4.78 is 25.8. The molecule has 0 aliphatic carbocycles. The summed E-state index contributed by atoms with van der Waals surface area (Å²) in [5.41, 5.74) is 0. The van der Waals surface area contributed by atoms with Gasteiger partial charge in [-0.15, -0.1) is 11.3 Å². The number of nitrogens with one attached hydrogen (secondary N) is 1. The lowest BCUT2D eigenvalue weighted by Gasteiger charge is -2.32. The molecule has 0 bridgehead atoms. The van der Waals surface area contributed by atoms with Gasteiger partial charge in [0.15, 0.2) is 0 Å². The van der Waals surface area contributed by atoms with Crippen LogP contribution in [0.5, 0.6) is 0 Å². The van der Waals surface area contributed by atoms with E-state index in [4.69, 9.17) is 0 Å². The van der Waals surface area contributed by atoms with Crippen LogP contribution in [0.1, 0.15) is 24.1 Å². The van der Waals surface area contributed by atoms with Gasteiger partial charge in [0.1, 0.15) is 6.04 Å². The Morgan fingerprint density at radius 1 is 1.50 bits per heavy atom. The van der Waals surface area contributed by atoms with Crippen molar-refractivity contribution in [3.63, 3.8) is 0 Å². The van der Waals surface area contributed by atoms with E-state index in [0.29, 0.717) is 19.5 Å². The molecule has 1 aliphatic rings. The molecule has 1 fully saturated rings. The van der Waals surface area contributed by atoms with Crippen molar-refractivity contribution in [2.45, 2.75) is 31.8 Å². The van der Waals surface area contributed by atoms with Crippen molar-refractivity contribution in [1.82, 2.24) is 9.62 Å². The second-order valence-electron chi connectivity index (χ2n) is 4.81. The third-order valence-electron chi connectivity index (χ3n) is 3.25. The van der Waals surface area contributed by atoms with Gasteiger partial charge < -0.3 is 5.32 Å². The first-order valence-corrected chi connectivity index (χ1v) is 9.82. The first-order valence-electron chi connectivity index (χ1n) is 6.36. The van der Waals surface area contributed by atoms with E-state index in [0.717, 1.165) is 27.8 Å². The fourth-order valence-corrected chi connectivity index (χ4v) is 4.85. The molecule has 0 spiro atoms. The molecule has 1 N–H and O–H groups in total. The Labute approximate surface area is 131 Å². The van der Waals surface area contributed by atoms with Crippen LogP contribution in [0.25, 0.3) is 0 Å². The summed E-state index contributed by atoms with van der Waals surface area (Å²) in [6.07, 6.45) is 3.45. The first-order chi connectivity index (χ1) is 9.38. The van der Waals surface area contributed by atoms with Crippen molar-refractivity contribution >= 4 is 43.2 Å². The Balaban J connectivity index is 1.99. The fraction of sp³-hybridized carbons (Fsp3) is 0.583. The van der Waals surface area contributed by atoms with Crippen LogP contribution in [0.2, 0.25) is 0 Å². The average molecular weight is 381 g/mol. The van der Waals surface area contributed by atoms with Crippen LogP contribution in [0.3, 0.4) is 0 Å². The predicted molar refractivity (Wildman–Crippen MR) is 83.1 cm³/mol. The highest BCUT2D eigenvalue weighted by atomic mass is 79.9. The van der Waals surface area contributed by atoms with E-state index in [2.05, 4.69) is 21.2 Å². The van der Waals surface area contributed by atoms with E-state index in [9.17, 15) is 13.2 Å². The van der Waals surface area contributed by atoms with E-state index in [1.165, 1.54) is 4.31 Å². The van der Waals surface area contributed by atoms with Crippen LogP contribution >= 0.6 is 27.3 Å². The lowest BCUT2D eigenvalue weighted by Crippen LogP contribution is -2.51. The Hall–Kier alpha value is -0.440. The van der Waals surface area contributed by atoms with Gasteiger partial charge in [0.25, 0.3) is 0 Å². The van der Waals surface area contributed by atoms with E-state index >= 15 is 0 Å². The van der Waals surface area contributed by atoms with Gasteiger partial charge in [0.2, 0.25) is 15.9 Å². The van der Waals surface area contributed by atoms with Crippen LogP contribution in [-0.4, -0.2) is 37.5 Å². The molecule has 0 saturated carbocycles. The van der Waals surface area contributed by atoms with Crippen molar-refractivity contribution < 1.29 is 13.2 Å². The summed E-state index contributed by atoms with van der Waals surface area (Å²) in [6, 6.07) is 3.29. The van der Waals surface area contributed by atoms with E-state index in [1.807, 2.05) is 12.1 Å². The zero-order valence-corrected chi connectivity index (χ0v) is 14.4. The Bertz CT molecular complexity index is 585. The van der Waals surface area contributed by atoms with Crippen LogP contribution in [-0.2, 0) is 21.4 Å². The van der Waals surface area contributed by atoms with Gasteiger partial charge in [0, 0.05) is 11.4 Å². The maximum atomic E-state index is 12.2. The molecule has 8 heteroatoms. The number of sulfonamides is 1. The molecule has 1 aromatic heterocycles. The normalized spacial score (nSPS) is 20.8. The first kappa shape index (κ1) is 15.9. The number of amides is 1. The number of hydrogen-bond acceptors (Lipinski definition) is 4. The van der Waals surface area contributed by atoms with Crippen LogP contribution in [0.15, 0.2) is 15.9 Å². The lowest BCUT2D eigenvalue weighted by atomic mass is 10.0. The van der Waals surface area contributed by atoms with Crippen molar-refractivity contribution in [3.8, 4) is 0 Å². The molecule has 1 aromatic rings. The number of halogens is 1. The molecule has 0 aromatic carbocycles. The number of hydrogen-bond donors (Lipinski definition) is 1. The van der Waals surface area contributed by atoms with Crippen LogP contribution in [0.4, 0.5) is 0 Å². The minimum atomic E-state index is -3.33. The van der Waals surface area contributed by atoms with Gasteiger partial charge in [-0.3, -0.25) is 4.79 Å². The summed E-state index contributed by atoms with van der Waals surface area (Å²) in [6.45, 7) is 0.866. The molecule has 1 saturated heterocycles. The molecule has 2 rings (SSSR count). The van der Waals surface area contributed by atoms with E-state index in [1.54, 1.807) is 11.3 Å². The molecule has 1 atom stereocenters. The number of nitrogens with zero attached hydrogens (tertiary/aromatic N) is 1. The second-order valence-corrected chi connectivity index (χ2v) is 9.29. The number of carbonyl (C=O) groups excluding carboxylic acids is 1. The smallest absolute Gasteiger partial charge is 0.238 e. The van der Waals surface area contributed by atoms with E-state index in [-0.39, 0.29) is 5.91 Å². The Morgan fingerprint density at radius 2 is 2.25 bits per heavy atom. The van der Waals surface area contributed by atoms with Crippen LogP contribution < -0.4 is 5.32 Å². The van der Waals surface area contributed by atoms with Gasteiger partial charge >= 0.3 is 0 Å².